The maximum absolute atomic E-state index is 10.7. The van der Waals surface area contributed by atoms with Gasteiger partial charge in [0.15, 0.2) is 0 Å². The van der Waals surface area contributed by atoms with Gasteiger partial charge in [0, 0.05) is 6.04 Å². The van der Waals surface area contributed by atoms with E-state index < -0.39 is 7.81 Å². The van der Waals surface area contributed by atoms with Crippen molar-refractivity contribution in [2.75, 3.05) is 6.61 Å². The first-order valence-corrected chi connectivity index (χ1v) is 11.2. The van der Waals surface area contributed by atoms with E-state index in [4.69, 9.17) is 0 Å². The number of rotatable bonds is 9. The Kier molecular flexibility index (Phi) is 8.27. The van der Waals surface area contributed by atoms with Gasteiger partial charge in [0.1, 0.15) is 12.4 Å². The number of hydrogen-bond donors (Lipinski definition) is 2. The van der Waals surface area contributed by atoms with Gasteiger partial charge in [0.25, 0.3) is 5.82 Å². The Labute approximate surface area is 166 Å². The predicted octanol–water partition coefficient (Wildman–Crippen LogP) is 5.19. The quantitative estimate of drug-likeness (QED) is 0.316. The Hall–Kier alpha value is -1.64. The first-order valence-electron chi connectivity index (χ1n) is 9.17. The van der Waals surface area contributed by atoms with Gasteiger partial charge in [-0.1, -0.05) is 43.7 Å². The summed E-state index contributed by atoms with van der Waals surface area (Å²) >= 11 is 0. The van der Waals surface area contributed by atoms with Crippen LogP contribution in [0.1, 0.15) is 31.2 Å². The molecule has 0 aliphatic carbocycles. The van der Waals surface area contributed by atoms with Crippen LogP contribution in [0.3, 0.4) is 0 Å². The van der Waals surface area contributed by atoms with Gasteiger partial charge in [-0.25, -0.2) is 9.13 Å². The van der Waals surface area contributed by atoms with Gasteiger partial charge in [0.2, 0.25) is 0 Å². The number of hydrogen-bond acceptors (Lipinski definition) is 2. The maximum atomic E-state index is 9.87. The Morgan fingerprint density at radius 1 is 1.10 bits per heavy atom. The van der Waals surface area contributed by atoms with E-state index in [1.165, 1.54) is 24.2 Å². The molecule has 0 unspecified atom stereocenters. The summed E-state index contributed by atoms with van der Waals surface area (Å²) in [7, 11) is -8.58. The fraction of sp³-hybridized carbons (Fsp3) is 0.500. The molecule has 0 spiro atoms. The number of nitrogens with one attached hydrogen (secondary N) is 1. The molecule has 2 N–H and O–H groups in total. The summed E-state index contributed by atoms with van der Waals surface area (Å²) in [5.74, 6) is 1.25. The van der Waals surface area contributed by atoms with Crippen molar-refractivity contribution in [3.05, 3.63) is 54.1 Å². The number of aromatic nitrogens is 2. The van der Waals surface area contributed by atoms with Crippen LogP contribution in [0.5, 0.6) is 0 Å². The van der Waals surface area contributed by atoms with Crippen LogP contribution in [0.15, 0.2) is 42.7 Å². The molecule has 0 radical (unpaired) electrons. The molecule has 0 amide bonds. The van der Waals surface area contributed by atoms with Crippen molar-refractivity contribution < 1.29 is 34.9 Å². The zero-order valence-corrected chi connectivity index (χ0v) is 17.3. The van der Waals surface area contributed by atoms with Crippen LogP contribution in [-0.4, -0.2) is 22.3 Å². The van der Waals surface area contributed by atoms with Gasteiger partial charge in [-0.15, -0.1) is 0 Å². The van der Waals surface area contributed by atoms with Crippen molar-refractivity contribution in [3.63, 3.8) is 0 Å². The molecule has 4 nitrogen and oxygen atoms in total. The number of unbranched alkanes of at least 4 members (excludes halogenated alkanes) is 1. The van der Waals surface area contributed by atoms with Crippen LogP contribution in [-0.2, 0) is 26.6 Å². The minimum atomic E-state index is -10.7. The van der Waals surface area contributed by atoms with Gasteiger partial charge in [-0.3, -0.25) is 0 Å². The fourth-order valence-corrected chi connectivity index (χ4v) is 2.65. The second-order valence-corrected chi connectivity index (χ2v) is 8.70. The van der Waals surface area contributed by atoms with Crippen LogP contribution < -0.4 is 9.88 Å². The zero-order valence-electron chi connectivity index (χ0n) is 16.4. The standard InChI is InChI=1S/C18H28N3O.F6P/c1-3-4-10-21-12-11-20(2)18(21)14-19-17(15-22)13-16-8-6-5-7-9-16;1-7(2,3,4,5)6/h5-9,11-12,17,19,22H,3-4,10,13-15H2,1-2H3;/q+1;-1/t17-;/m0./s1. The number of nitrogens with zero attached hydrogens (tertiary/aromatic N) is 2. The van der Waals surface area contributed by atoms with Gasteiger partial charge in [-0.2, -0.15) is 0 Å². The van der Waals surface area contributed by atoms with Gasteiger partial charge >= 0.3 is 33.0 Å². The number of benzene rings is 1. The molecule has 0 fully saturated rings. The first kappa shape index (κ1) is 25.4. The third-order valence-electron chi connectivity index (χ3n) is 4.06. The van der Waals surface area contributed by atoms with E-state index in [0.717, 1.165) is 19.5 Å². The molecule has 0 saturated heterocycles. The molecular formula is C18H28F6N3OP. The number of imidazole rings is 1. The molecule has 1 aromatic carbocycles. The summed E-state index contributed by atoms with van der Waals surface area (Å²) < 4.78 is 63.6. The molecule has 1 atom stereocenters. The predicted molar refractivity (Wildman–Crippen MR) is 102 cm³/mol. The molecule has 0 aliphatic rings. The average molecular weight is 447 g/mol. The molecule has 2 aromatic rings. The number of aliphatic hydroxyl groups is 1. The topological polar surface area (TPSA) is 41.1 Å². The van der Waals surface area contributed by atoms with E-state index in [0.29, 0.717) is 0 Å². The third kappa shape index (κ3) is 13.2. The molecule has 1 aromatic heterocycles. The Bertz CT molecular complexity index is 739. The molecule has 2 rings (SSSR count). The van der Waals surface area contributed by atoms with E-state index in [1.807, 2.05) is 18.2 Å². The summed E-state index contributed by atoms with van der Waals surface area (Å²) in [6, 6.07) is 10.4. The minimum absolute atomic E-state index is 0.0805. The van der Waals surface area contributed by atoms with Crippen LogP contribution in [0.4, 0.5) is 25.2 Å². The summed E-state index contributed by atoms with van der Waals surface area (Å²) in [5, 5.41) is 13.1. The molecule has 168 valence electrons. The second-order valence-electron chi connectivity index (χ2n) is 6.78. The molecule has 1 heterocycles. The fourth-order valence-electron chi connectivity index (χ4n) is 2.65. The molecule has 11 heteroatoms. The molecular weight excluding hydrogens is 419 g/mol. The molecule has 0 saturated carbocycles. The van der Waals surface area contributed by atoms with Gasteiger partial charge in [0.05, 0.1) is 26.7 Å². The van der Waals surface area contributed by atoms with Crippen molar-refractivity contribution in [3.8, 4) is 0 Å². The Morgan fingerprint density at radius 2 is 1.69 bits per heavy atom. The zero-order chi connectivity index (χ0) is 22.2. The van der Waals surface area contributed by atoms with Crippen LogP contribution >= 0.6 is 7.81 Å². The molecule has 0 aliphatic heterocycles. The monoisotopic (exact) mass is 447 g/mol. The van der Waals surface area contributed by atoms with Crippen LogP contribution in [0.25, 0.3) is 0 Å². The van der Waals surface area contributed by atoms with E-state index in [2.05, 4.69) is 52.9 Å². The summed E-state index contributed by atoms with van der Waals surface area (Å²) in [5.41, 5.74) is 1.25. The van der Waals surface area contributed by atoms with Crippen molar-refractivity contribution in [2.45, 2.75) is 45.3 Å². The van der Waals surface area contributed by atoms with E-state index in [9.17, 15) is 30.3 Å². The van der Waals surface area contributed by atoms with Crippen molar-refractivity contribution >= 4 is 7.81 Å². The van der Waals surface area contributed by atoms with Crippen LogP contribution in [0.2, 0.25) is 0 Å². The van der Waals surface area contributed by atoms with E-state index in [1.54, 1.807) is 0 Å². The van der Waals surface area contributed by atoms with Crippen molar-refractivity contribution in [1.29, 1.82) is 0 Å². The van der Waals surface area contributed by atoms with Gasteiger partial charge < -0.3 is 10.4 Å². The third-order valence-corrected chi connectivity index (χ3v) is 4.06. The van der Waals surface area contributed by atoms with Crippen molar-refractivity contribution in [2.24, 2.45) is 7.05 Å². The van der Waals surface area contributed by atoms with Crippen molar-refractivity contribution in [1.82, 2.24) is 9.88 Å². The molecule has 29 heavy (non-hydrogen) atoms. The first-order chi connectivity index (χ1) is 13.2. The normalized spacial score (nSPS) is 15.1. The summed E-state index contributed by atoms with van der Waals surface area (Å²) in [4.78, 5) is 0. The average Bonchev–Trinajstić information content (AvgIpc) is 2.94. The SMILES string of the molecule is CCCCn1cc[n+](C)c1CN[C@H](CO)Cc1ccccc1.F[P-](F)(F)(F)(F)F. The summed E-state index contributed by atoms with van der Waals surface area (Å²) in [6.07, 6.45) is 7.46. The molecule has 0 bridgehead atoms. The Balaban J connectivity index is 0.000000516. The van der Waals surface area contributed by atoms with Gasteiger partial charge in [-0.05, 0) is 18.4 Å². The second kappa shape index (κ2) is 9.45. The Morgan fingerprint density at radius 3 is 2.21 bits per heavy atom. The van der Waals surface area contributed by atoms with E-state index >= 15 is 0 Å². The number of halogens is 6. The number of aliphatic hydroxyl groups excluding tert-OH is 1. The number of aryl methyl sites for hydroxylation is 2. The van der Waals surface area contributed by atoms with E-state index in [-0.39, 0.29) is 12.6 Å². The summed E-state index contributed by atoms with van der Waals surface area (Å²) in [6.45, 7) is 4.18. The van der Waals surface area contributed by atoms with Crippen LogP contribution in [0, 0.1) is 0 Å².